The maximum absolute atomic E-state index is 13.0. The molecule has 24 heavy (non-hydrogen) atoms. The van der Waals surface area contributed by atoms with Crippen LogP contribution in [0, 0.1) is 0 Å². The summed E-state index contributed by atoms with van der Waals surface area (Å²) in [6, 6.07) is 9.42. The Bertz CT molecular complexity index is 775. The maximum Gasteiger partial charge on any atom is 0.230 e. The van der Waals surface area contributed by atoms with Gasteiger partial charge in [-0.1, -0.05) is 24.3 Å². The van der Waals surface area contributed by atoms with E-state index in [1.54, 1.807) is 12.5 Å². The van der Waals surface area contributed by atoms with Crippen molar-refractivity contribution < 1.29 is 9.59 Å². The SMILES string of the molecule is O=C1CC(C(=O)N2CCCC(c3ccncn3)C2)c2ccccc21. The molecule has 4 rings (SSSR count). The quantitative estimate of drug-likeness (QED) is 0.853. The molecule has 2 aliphatic rings. The van der Waals surface area contributed by atoms with Crippen molar-refractivity contribution in [3.63, 3.8) is 0 Å². The Balaban J connectivity index is 1.54. The van der Waals surface area contributed by atoms with Crippen molar-refractivity contribution >= 4 is 11.7 Å². The number of fused-ring (bicyclic) bond motifs is 1. The van der Waals surface area contributed by atoms with Crippen LogP contribution in [0.4, 0.5) is 0 Å². The number of rotatable bonds is 2. The molecule has 0 saturated carbocycles. The van der Waals surface area contributed by atoms with Crippen molar-refractivity contribution in [3.05, 3.63) is 59.7 Å². The van der Waals surface area contributed by atoms with Crippen LogP contribution in [0.1, 0.15) is 52.7 Å². The standard InChI is InChI=1S/C19H19N3O2/c23-18-10-16(14-5-1-2-6-15(14)18)19(24)22-9-3-4-13(11-22)17-7-8-20-12-21-17/h1-2,5-8,12-13,16H,3-4,9-11H2. The fourth-order valence-corrected chi connectivity index (χ4v) is 3.86. The van der Waals surface area contributed by atoms with Crippen LogP contribution < -0.4 is 0 Å². The second kappa shape index (κ2) is 6.15. The molecular formula is C19H19N3O2. The summed E-state index contributed by atoms with van der Waals surface area (Å²) in [4.78, 5) is 35.4. The van der Waals surface area contributed by atoms with Crippen LogP contribution in [-0.2, 0) is 4.79 Å². The number of likely N-dealkylation sites (tertiary alicyclic amines) is 1. The molecule has 2 unspecified atom stereocenters. The van der Waals surface area contributed by atoms with E-state index >= 15 is 0 Å². The summed E-state index contributed by atoms with van der Waals surface area (Å²) in [6.45, 7) is 1.43. The van der Waals surface area contributed by atoms with Crippen molar-refractivity contribution in [1.82, 2.24) is 14.9 Å². The van der Waals surface area contributed by atoms with E-state index in [0.717, 1.165) is 30.6 Å². The van der Waals surface area contributed by atoms with Crippen LogP contribution in [0.25, 0.3) is 0 Å². The second-order valence-corrected chi connectivity index (χ2v) is 6.52. The second-order valence-electron chi connectivity index (χ2n) is 6.52. The third-order valence-corrected chi connectivity index (χ3v) is 5.08. The lowest BCUT2D eigenvalue weighted by Crippen LogP contribution is -2.41. The number of aromatic nitrogens is 2. The molecule has 0 radical (unpaired) electrons. The first-order valence-electron chi connectivity index (χ1n) is 8.41. The highest BCUT2D eigenvalue weighted by atomic mass is 16.2. The highest BCUT2D eigenvalue weighted by Crippen LogP contribution is 2.36. The molecule has 1 aromatic carbocycles. The summed E-state index contributed by atoms with van der Waals surface area (Å²) in [6.07, 6.45) is 5.59. The minimum atomic E-state index is -0.321. The topological polar surface area (TPSA) is 63.2 Å². The van der Waals surface area contributed by atoms with E-state index in [-0.39, 0.29) is 23.5 Å². The van der Waals surface area contributed by atoms with E-state index in [1.165, 1.54) is 0 Å². The lowest BCUT2D eigenvalue weighted by Gasteiger charge is -2.34. The summed E-state index contributed by atoms with van der Waals surface area (Å²) >= 11 is 0. The fourth-order valence-electron chi connectivity index (χ4n) is 3.86. The van der Waals surface area contributed by atoms with Gasteiger partial charge in [-0.3, -0.25) is 9.59 Å². The number of nitrogens with zero attached hydrogens (tertiary/aromatic N) is 3. The molecule has 1 aliphatic carbocycles. The van der Waals surface area contributed by atoms with Crippen LogP contribution in [-0.4, -0.2) is 39.6 Å². The number of hydrogen-bond acceptors (Lipinski definition) is 4. The first-order chi connectivity index (χ1) is 11.7. The van der Waals surface area contributed by atoms with E-state index in [4.69, 9.17) is 0 Å². The molecule has 0 bridgehead atoms. The molecule has 1 aliphatic heterocycles. The van der Waals surface area contributed by atoms with Gasteiger partial charge in [-0.2, -0.15) is 0 Å². The Labute approximate surface area is 140 Å². The lowest BCUT2D eigenvalue weighted by atomic mass is 9.92. The summed E-state index contributed by atoms with van der Waals surface area (Å²) < 4.78 is 0. The average Bonchev–Trinajstić information content (AvgIpc) is 2.99. The summed E-state index contributed by atoms with van der Waals surface area (Å²) in [7, 11) is 0. The molecule has 0 spiro atoms. The number of carbonyl (C=O) groups excluding carboxylic acids is 2. The Morgan fingerprint density at radius 1 is 1.21 bits per heavy atom. The predicted octanol–water partition coefficient (Wildman–Crippen LogP) is 2.55. The molecule has 1 fully saturated rings. The van der Waals surface area contributed by atoms with Gasteiger partial charge in [-0.15, -0.1) is 0 Å². The minimum absolute atomic E-state index is 0.0760. The van der Waals surface area contributed by atoms with Crippen molar-refractivity contribution in [1.29, 1.82) is 0 Å². The Morgan fingerprint density at radius 3 is 2.92 bits per heavy atom. The lowest BCUT2D eigenvalue weighted by molar-refractivity contribution is -0.133. The summed E-state index contributed by atoms with van der Waals surface area (Å²) in [5.74, 6) is 0.0799. The Morgan fingerprint density at radius 2 is 2.08 bits per heavy atom. The van der Waals surface area contributed by atoms with Gasteiger partial charge in [-0.25, -0.2) is 9.97 Å². The number of carbonyl (C=O) groups is 2. The molecule has 122 valence electrons. The monoisotopic (exact) mass is 321 g/mol. The first-order valence-corrected chi connectivity index (χ1v) is 8.41. The fraction of sp³-hybridized carbons (Fsp3) is 0.368. The van der Waals surface area contributed by atoms with Crippen LogP contribution in [0.5, 0.6) is 0 Å². The molecule has 1 saturated heterocycles. The van der Waals surface area contributed by atoms with E-state index in [9.17, 15) is 9.59 Å². The van der Waals surface area contributed by atoms with E-state index in [0.29, 0.717) is 18.5 Å². The molecule has 5 nitrogen and oxygen atoms in total. The van der Waals surface area contributed by atoms with Crippen molar-refractivity contribution in [2.75, 3.05) is 13.1 Å². The van der Waals surface area contributed by atoms with Crippen molar-refractivity contribution in [2.24, 2.45) is 0 Å². The minimum Gasteiger partial charge on any atom is -0.341 e. The molecule has 2 heterocycles. The molecule has 0 N–H and O–H groups in total. The zero-order chi connectivity index (χ0) is 16.5. The zero-order valence-electron chi connectivity index (χ0n) is 13.4. The van der Waals surface area contributed by atoms with Gasteiger partial charge < -0.3 is 4.90 Å². The third-order valence-electron chi connectivity index (χ3n) is 5.08. The first kappa shape index (κ1) is 15.0. The van der Waals surface area contributed by atoms with Crippen molar-refractivity contribution in [3.8, 4) is 0 Å². The predicted molar refractivity (Wildman–Crippen MR) is 88.7 cm³/mol. The normalized spacial score (nSPS) is 23.2. The number of Topliss-reactive ketones (excluding diaryl/α,β-unsaturated/α-hetero) is 1. The highest BCUT2D eigenvalue weighted by molar-refractivity contribution is 6.06. The largest absolute Gasteiger partial charge is 0.341 e. The van der Waals surface area contributed by atoms with Crippen LogP contribution in [0.3, 0.4) is 0 Å². The van der Waals surface area contributed by atoms with Gasteiger partial charge in [0.15, 0.2) is 5.78 Å². The van der Waals surface area contributed by atoms with Crippen LogP contribution in [0.15, 0.2) is 42.9 Å². The molecule has 2 aromatic rings. The highest BCUT2D eigenvalue weighted by Gasteiger charge is 2.37. The number of amides is 1. The van der Waals surface area contributed by atoms with Gasteiger partial charge >= 0.3 is 0 Å². The Kier molecular flexibility index (Phi) is 3.84. The average molecular weight is 321 g/mol. The zero-order valence-corrected chi connectivity index (χ0v) is 13.4. The van der Waals surface area contributed by atoms with Gasteiger partial charge in [0.25, 0.3) is 0 Å². The maximum atomic E-state index is 13.0. The van der Waals surface area contributed by atoms with Gasteiger partial charge in [0, 0.05) is 42.9 Å². The molecular weight excluding hydrogens is 302 g/mol. The van der Waals surface area contributed by atoms with Gasteiger partial charge in [0.05, 0.1) is 5.92 Å². The van der Waals surface area contributed by atoms with Gasteiger partial charge in [0.2, 0.25) is 5.91 Å². The molecule has 1 aromatic heterocycles. The number of benzene rings is 1. The van der Waals surface area contributed by atoms with Crippen LogP contribution in [0.2, 0.25) is 0 Å². The van der Waals surface area contributed by atoms with Gasteiger partial charge in [-0.05, 0) is 24.5 Å². The Hall–Kier alpha value is -2.56. The third kappa shape index (κ3) is 2.60. The van der Waals surface area contributed by atoms with Crippen molar-refractivity contribution in [2.45, 2.75) is 31.1 Å². The smallest absolute Gasteiger partial charge is 0.230 e. The molecule has 2 atom stereocenters. The van der Waals surface area contributed by atoms with E-state index in [2.05, 4.69) is 9.97 Å². The number of hydrogen-bond donors (Lipinski definition) is 0. The van der Waals surface area contributed by atoms with E-state index < -0.39 is 0 Å². The summed E-state index contributed by atoms with van der Waals surface area (Å²) in [5, 5.41) is 0. The van der Waals surface area contributed by atoms with Gasteiger partial charge in [0.1, 0.15) is 6.33 Å². The molecule has 5 heteroatoms. The number of piperidine rings is 1. The number of ketones is 1. The summed E-state index contributed by atoms with van der Waals surface area (Å²) in [5.41, 5.74) is 2.59. The van der Waals surface area contributed by atoms with E-state index in [1.807, 2.05) is 35.2 Å². The molecule has 1 amide bonds. The van der Waals surface area contributed by atoms with Crippen LogP contribution >= 0.6 is 0 Å².